The van der Waals surface area contributed by atoms with Crippen LogP contribution < -0.4 is 5.73 Å². The van der Waals surface area contributed by atoms with Crippen LogP contribution in [0.2, 0.25) is 0 Å². The van der Waals surface area contributed by atoms with E-state index in [4.69, 9.17) is 5.73 Å². The Bertz CT molecular complexity index is 579. The Balaban J connectivity index is 1.68. The van der Waals surface area contributed by atoms with Crippen molar-refractivity contribution in [1.29, 1.82) is 0 Å². The van der Waals surface area contributed by atoms with E-state index in [0.717, 1.165) is 13.0 Å². The van der Waals surface area contributed by atoms with Gasteiger partial charge in [-0.2, -0.15) is 0 Å². The van der Waals surface area contributed by atoms with Crippen molar-refractivity contribution in [3.63, 3.8) is 0 Å². The molecule has 20 heavy (non-hydrogen) atoms. The Hall–Kier alpha value is -1.39. The van der Waals surface area contributed by atoms with Crippen molar-refractivity contribution in [1.82, 2.24) is 9.88 Å². The zero-order chi connectivity index (χ0) is 13.9. The van der Waals surface area contributed by atoms with Crippen molar-refractivity contribution in [3.05, 3.63) is 46.5 Å². The molecule has 1 unspecified atom stereocenters. The number of thiazole rings is 1. The van der Waals surface area contributed by atoms with Gasteiger partial charge < -0.3 is 5.73 Å². The molecule has 3 nitrogen and oxygen atoms in total. The van der Waals surface area contributed by atoms with Crippen LogP contribution >= 0.6 is 11.3 Å². The minimum absolute atomic E-state index is 0.652. The summed E-state index contributed by atoms with van der Waals surface area (Å²) in [6.45, 7) is 4.39. The molecular weight excluding hydrogens is 266 g/mol. The number of nitrogen functional groups attached to an aromatic ring is 1. The van der Waals surface area contributed by atoms with Crippen LogP contribution in [0, 0.1) is 6.92 Å². The molecule has 1 saturated heterocycles. The van der Waals surface area contributed by atoms with Crippen molar-refractivity contribution in [2.45, 2.75) is 38.8 Å². The predicted molar refractivity (Wildman–Crippen MR) is 84.8 cm³/mol. The summed E-state index contributed by atoms with van der Waals surface area (Å²) in [5.74, 6) is 0. The van der Waals surface area contributed by atoms with E-state index in [9.17, 15) is 0 Å². The molecule has 2 N–H and O–H groups in total. The van der Waals surface area contributed by atoms with Crippen LogP contribution in [0.4, 0.5) is 5.13 Å². The first-order chi connectivity index (χ1) is 9.72. The summed E-state index contributed by atoms with van der Waals surface area (Å²) in [6, 6.07) is 9.38. The maximum Gasteiger partial charge on any atom is 0.180 e. The molecule has 1 aromatic heterocycles. The summed E-state index contributed by atoms with van der Waals surface area (Å²) in [5.41, 5.74) is 8.60. The van der Waals surface area contributed by atoms with Gasteiger partial charge >= 0.3 is 0 Å². The first kappa shape index (κ1) is 13.6. The van der Waals surface area contributed by atoms with Crippen LogP contribution in [0.5, 0.6) is 0 Å². The van der Waals surface area contributed by atoms with Gasteiger partial charge in [0.25, 0.3) is 0 Å². The predicted octanol–water partition coefficient (Wildman–Crippen LogP) is 3.24. The van der Waals surface area contributed by atoms with Gasteiger partial charge in [-0.25, -0.2) is 4.98 Å². The van der Waals surface area contributed by atoms with E-state index in [1.807, 2.05) is 6.20 Å². The molecule has 0 bridgehead atoms. The largest absolute Gasteiger partial charge is 0.375 e. The van der Waals surface area contributed by atoms with Gasteiger partial charge in [-0.1, -0.05) is 24.3 Å². The van der Waals surface area contributed by atoms with E-state index in [1.165, 1.54) is 35.4 Å². The molecule has 0 aliphatic carbocycles. The van der Waals surface area contributed by atoms with Crippen LogP contribution in [0.25, 0.3) is 0 Å². The molecule has 4 heteroatoms. The second-order valence-electron chi connectivity index (χ2n) is 5.56. The van der Waals surface area contributed by atoms with Crippen molar-refractivity contribution in [2.75, 3.05) is 12.3 Å². The fourth-order valence-corrected chi connectivity index (χ4v) is 3.73. The zero-order valence-electron chi connectivity index (χ0n) is 11.9. The minimum atomic E-state index is 0.652. The number of aromatic nitrogens is 1. The molecule has 106 valence electrons. The van der Waals surface area contributed by atoms with Gasteiger partial charge in [-0.05, 0) is 43.9 Å². The first-order valence-corrected chi connectivity index (χ1v) is 8.03. The summed E-state index contributed by atoms with van der Waals surface area (Å²) in [6.07, 6.45) is 5.66. The molecule has 1 aliphatic rings. The number of hydrogen-bond donors (Lipinski definition) is 1. The van der Waals surface area contributed by atoms with E-state index in [-0.39, 0.29) is 0 Å². The highest BCUT2D eigenvalue weighted by Crippen LogP contribution is 2.26. The smallest absolute Gasteiger partial charge is 0.180 e. The summed E-state index contributed by atoms with van der Waals surface area (Å²) in [7, 11) is 0. The van der Waals surface area contributed by atoms with E-state index < -0.39 is 0 Å². The van der Waals surface area contributed by atoms with E-state index in [1.54, 1.807) is 11.3 Å². The second kappa shape index (κ2) is 5.94. The number of nitrogens with zero attached hydrogens (tertiary/aromatic N) is 2. The fraction of sp³-hybridized carbons (Fsp3) is 0.438. The SMILES string of the molecule is Cc1ccccc1CC1CCCN1Cc1cnc(N)s1. The molecule has 0 saturated carbocycles. The standard InChI is InChI=1S/C16H21N3S/c1-12-5-2-3-6-13(12)9-14-7-4-8-19(14)11-15-10-18-16(17)20-15/h2-3,5-6,10,14H,4,7-9,11H2,1H3,(H2,17,18). The van der Waals surface area contributed by atoms with Crippen LogP contribution in [0.1, 0.15) is 28.8 Å². The number of hydrogen-bond acceptors (Lipinski definition) is 4. The summed E-state index contributed by atoms with van der Waals surface area (Å²) >= 11 is 1.61. The molecule has 0 amide bonds. The van der Waals surface area contributed by atoms with Gasteiger partial charge in [-0.15, -0.1) is 11.3 Å². The summed E-state index contributed by atoms with van der Waals surface area (Å²) in [4.78, 5) is 8.01. The first-order valence-electron chi connectivity index (χ1n) is 7.21. The molecular formula is C16H21N3S. The lowest BCUT2D eigenvalue weighted by molar-refractivity contribution is 0.246. The molecule has 1 aliphatic heterocycles. The van der Waals surface area contributed by atoms with E-state index >= 15 is 0 Å². The highest BCUT2D eigenvalue weighted by Gasteiger charge is 2.25. The molecule has 3 rings (SSSR count). The van der Waals surface area contributed by atoms with Gasteiger partial charge in [0.05, 0.1) is 0 Å². The third-order valence-electron chi connectivity index (χ3n) is 4.15. The molecule has 2 aromatic rings. The van der Waals surface area contributed by atoms with Gasteiger partial charge in [0.2, 0.25) is 0 Å². The Labute approximate surface area is 124 Å². The second-order valence-corrected chi connectivity index (χ2v) is 6.71. The van der Waals surface area contributed by atoms with Crippen LogP contribution in [0.3, 0.4) is 0 Å². The number of benzene rings is 1. The molecule has 1 aromatic carbocycles. The third kappa shape index (κ3) is 3.02. The van der Waals surface area contributed by atoms with Crippen LogP contribution in [-0.2, 0) is 13.0 Å². The highest BCUT2D eigenvalue weighted by molar-refractivity contribution is 7.15. The Morgan fingerprint density at radius 1 is 1.40 bits per heavy atom. The zero-order valence-corrected chi connectivity index (χ0v) is 12.7. The lowest BCUT2D eigenvalue weighted by Gasteiger charge is -2.24. The van der Waals surface area contributed by atoms with Gasteiger partial charge in [0, 0.05) is 23.7 Å². The lowest BCUT2D eigenvalue weighted by Crippen LogP contribution is -2.30. The molecule has 0 spiro atoms. The Morgan fingerprint density at radius 2 is 2.25 bits per heavy atom. The lowest BCUT2D eigenvalue weighted by atomic mass is 10.00. The van der Waals surface area contributed by atoms with E-state index in [2.05, 4.69) is 41.1 Å². The van der Waals surface area contributed by atoms with Crippen molar-refractivity contribution < 1.29 is 0 Å². The van der Waals surface area contributed by atoms with E-state index in [0.29, 0.717) is 11.2 Å². The molecule has 1 fully saturated rings. The van der Waals surface area contributed by atoms with Crippen LogP contribution in [-0.4, -0.2) is 22.5 Å². The van der Waals surface area contributed by atoms with Crippen molar-refractivity contribution in [2.24, 2.45) is 0 Å². The normalized spacial score (nSPS) is 19.6. The third-order valence-corrected chi connectivity index (χ3v) is 4.96. The molecule has 0 radical (unpaired) electrons. The summed E-state index contributed by atoms with van der Waals surface area (Å²) < 4.78 is 0. The van der Waals surface area contributed by atoms with Crippen LogP contribution in [0.15, 0.2) is 30.5 Å². The Morgan fingerprint density at radius 3 is 3.00 bits per heavy atom. The van der Waals surface area contributed by atoms with Crippen molar-refractivity contribution in [3.8, 4) is 0 Å². The summed E-state index contributed by atoms with van der Waals surface area (Å²) in [5, 5.41) is 0.676. The highest BCUT2D eigenvalue weighted by atomic mass is 32.1. The van der Waals surface area contributed by atoms with Gasteiger partial charge in [-0.3, -0.25) is 4.90 Å². The number of nitrogens with two attached hydrogens (primary N) is 1. The molecule has 1 atom stereocenters. The minimum Gasteiger partial charge on any atom is -0.375 e. The Kier molecular flexibility index (Phi) is 4.03. The average Bonchev–Trinajstić information content (AvgIpc) is 3.03. The number of likely N-dealkylation sites (tertiary alicyclic amines) is 1. The number of anilines is 1. The fourth-order valence-electron chi connectivity index (χ4n) is 3.02. The molecule has 2 heterocycles. The monoisotopic (exact) mass is 287 g/mol. The van der Waals surface area contributed by atoms with Gasteiger partial charge in [0.1, 0.15) is 0 Å². The maximum atomic E-state index is 5.72. The topological polar surface area (TPSA) is 42.2 Å². The average molecular weight is 287 g/mol. The number of rotatable bonds is 4. The quantitative estimate of drug-likeness (QED) is 0.938. The van der Waals surface area contributed by atoms with Crippen molar-refractivity contribution >= 4 is 16.5 Å². The maximum absolute atomic E-state index is 5.72. The number of aryl methyl sites for hydroxylation is 1. The van der Waals surface area contributed by atoms with Gasteiger partial charge in [0.15, 0.2) is 5.13 Å².